The highest BCUT2D eigenvalue weighted by atomic mass is 79.9. The Balaban J connectivity index is 2.65. The Kier molecular flexibility index (Phi) is 4.09. The van der Waals surface area contributed by atoms with Crippen LogP contribution in [0.1, 0.15) is 18.4 Å². The number of hydrogen-bond donors (Lipinski definition) is 0. The van der Waals surface area contributed by atoms with Gasteiger partial charge in [-0.1, -0.05) is 65.3 Å². The summed E-state index contributed by atoms with van der Waals surface area (Å²) in [5, 5.41) is 0.935. The second-order valence-corrected chi connectivity index (χ2v) is 3.43. The second-order valence-electron chi connectivity index (χ2n) is 2.78. The topological polar surface area (TPSA) is 0 Å². The van der Waals surface area contributed by atoms with Gasteiger partial charge in [0, 0.05) is 5.33 Å². The predicted octanol–water partition coefficient (Wildman–Crippen LogP) is 3.74. The van der Waals surface area contributed by atoms with Gasteiger partial charge in [-0.2, -0.15) is 0 Å². The largest absolute Gasteiger partial charge is 0.0883 e. The van der Waals surface area contributed by atoms with Crippen LogP contribution in [-0.2, 0) is 0 Å². The average Bonchev–Trinajstić information content (AvgIpc) is 2.15. The van der Waals surface area contributed by atoms with E-state index in [0.717, 1.165) is 5.33 Å². The van der Waals surface area contributed by atoms with Crippen LogP contribution in [0.2, 0.25) is 0 Å². The van der Waals surface area contributed by atoms with Gasteiger partial charge in [-0.05, 0) is 11.5 Å². The molecule has 0 amide bonds. The number of allylic oxidation sites excluding steroid dienone is 2. The van der Waals surface area contributed by atoms with Crippen molar-refractivity contribution >= 4 is 15.9 Å². The molecule has 1 unspecified atom stereocenters. The molecule has 0 aliphatic heterocycles. The van der Waals surface area contributed by atoms with Crippen LogP contribution in [0.5, 0.6) is 0 Å². The molecule has 0 N–H and O–H groups in total. The van der Waals surface area contributed by atoms with E-state index in [2.05, 4.69) is 59.3 Å². The van der Waals surface area contributed by atoms with Crippen LogP contribution in [0.4, 0.5) is 0 Å². The highest BCUT2D eigenvalue weighted by Crippen LogP contribution is 2.15. The standard InChI is InChI=1S/C11H13Br/c1-10(6-5-9-12)11-7-3-2-4-8-11/h2-8,10H,9H2,1H3/b6-5+. The first-order chi connectivity index (χ1) is 5.84. The number of alkyl halides is 1. The molecule has 0 saturated carbocycles. The summed E-state index contributed by atoms with van der Waals surface area (Å²) >= 11 is 3.36. The summed E-state index contributed by atoms with van der Waals surface area (Å²) in [7, 11) is 0. The Labute approximate surface area is 82.4 Å². The highest BCUT2D eigenvalue weighted by Gasteiger charge is 1.97. The van der Waals surface area contributed by atoms with Crippen molar-refractivity contribution < 1.29 is 0 Å². The van der Waals surface area contributed by atoms with E-state index in [1.54, 1.807) is 0 Å². The molecule has 0 fully saturated rings. The van der Waals surface area contributed by atoms with E-state index in [0.29, 0.717) is 5.92 Å². The Bertz CT molecular complexity index is 238. The van der Waals surface area contributed by atoms with Crippen LogP contribution in [0.25, 0.3) is 0 Å². The number of rotatable bonds is 3. The molecular weight excluding hydrogens is 212 g/mol. The fourth-order valence-corrected chi connectivity index (χ4v) is 1.34. The van der Waals surface area contributed by atoms with Crippen molar-refractivity contribution in [1.29, 1.82) is 0 Å². The molecule has 64 valence electrons. The molecule has 12 heavy (non-hydrogen) atoms. The monoisotopic (exact) mass is 224 g/mol. The minimum absolute atomic E-state index is 0.517. The zero-order valence-electron chi connectivity index (χ0n) is 7.20. The molecule has 1 aromatic rings. The Hall–Kier alpha value is -0.560. The van der Waals surface area contributed by atoms with E-state index in [1.807, 2.05) is 6.07 Å². The normalized spacial score (nSPS) is 13.5. The lowest BCUT2D eigenvalue weighted by Crippen LogP contribution is -1.87. The summed E-state index contributed by atoms with van der Waals surface area (Å²) in [6, 6.07) is 10.5. The molecule has 0 nitrogen and oxygen atoms in total. The van der Waals surface area contributed by atoms with Crippen molar-refractivity contribution in [2.75, 3.05) is 5.33 Å². The van der Waals surface area contributed by atoms with Gasteiger partial charge in [0.05, 0.1) is 0 Å². The third-order valence-electron chi connectivity index (χ3n) is 1.84. The maximum atomic E-state index is 3.36. The van der Waals surface area contributed by atoms with Crippen molar-refractivity contribution in [1.82, 2.24) is 0 Å². The van der Waals surface area contributed by atoms with Crippen LogP contribution in [0, 0.1) is 0 Å². The van der Waals surface area contributed by atoms with Crippen molar-refractivity contribution in [3.8, 4) is 0 Å². The zero-order valence-corrected chi connectivity index (χ0v) is 8.79. The van der Waals surface area contributed by atoms with Gasteiger partial charge >= 0.3 is 0 Å². The molecule has 1 rings (SSSR count). The third-order valence-corrected chi connectivity index (χ3v) is 2.21. The SMILES string of the molecule is CC(/C=C/CBr)c1ccccc1. The minimum Gasteiger partial charge on any atom is -0.0883 e. The first kappa shape index (κ1) is 9.53. The van der Waals surface area contributed by atoms with Gasteiger partial charge < -0.3 is 0 Å². The summed E-state index contributed by atoms with van der Waals surface area (Å²) in [5.41, 5.74) is 1.37. The molecule has 0 aliphatic carbocycles. The number of benzene rings is 1. The molecule has 0 bridgehead atoms. The van der Waals surface area contributed by atoms with Crippen molar-refractivity contribution in [2.45, 2.75) is 12.8 Å². The summed E-state index contributed by atoms with van der Waals surface area (Å²) in [5.74, 6) is 0.517. The predicted molar refractivity (Wildman–Crippen MR) is 57.8 cm³/mol. The van der Waals surface area contributed by atoms with Gasteiger partial charge in [0.25, 0.3) is 0 Å². The van der Waals surface area contributed by atoms with Gasteiger partial charge in [-0.3, -0.25) is 0 Å². The van der Waals surface area contributed by atoms with E-state index >= 15 is 0 Å². The van der Waals surface area contributed by atoms with Crippen molar-refractivity contribution in [3.63, 3.8) is 0 Å². The third kappa shape index (κ3) is 2.82. The Morgan fingerprint density at radius 1 is 1.33 bits per heavy atom. The van der Waals surface area contributed by atoms with Crippen LogP contribution in [-0.4, -0.2) is 5.33 Å². The lowest BCUT2D eigenvalue weighted by molar-refractivity contribution is 0.966. The lowest BCUT2D eigenvalue weighted by atomic mass is 10.0. The summed E-state index contributed by atoms with van der Waals surface area (Å²) in [6.07, 6.45) is 4.35. The molecule has 0 heterocycles. The van der Waals surface area contributed by atoms with E-state index in [1.165, 1.54) is 5.56 Å². The fraction of sp³-hybridized carbons (Fsp3) is 0.273. The summed E-state index contributed by atoms with van der Waals surface area (Å²) in [6.45, 7) is 2.20. The van der Waals surface area contributed by atoms with E-state index in [9.17, 15) is 0 Å². The summed E-state index contributed by atoms with van der Waals surface area (Å²) in [4.78, 5) is 0. The average molecular weight is 225 g/mol. The number of halogens is 1. The molecule has 0 radical (unpaired) electrons. The minimum atomic E-state index is 0.517. The zero-order chi connectivity index (χ0) is 8.81. The summed E-state index contributed by atoms with van der Waals surface area (Å²) < 4.78 is 0. The molecule has 0 spiro atoms. The Morgan fingerprint density at radius 2 is 2.00 bits per heavy atom. The second kappa shape index (κ2) is 5.15. The molecule has 0 saturated heterocycles. The molecule has 1 aromatic carbocycles. The highest BCUT2D eigenvalue weighted by molar-refractivity contribution is 9.09. The van der Waals surface area contributed by atoms with E-state index in [4.69, 9.17) is 0 Å². The molecule has 1 atom stereocenters. The number of hydrogen-bond acceptors (Lipinski definition) is 0. The van der Waals surface area contributed by atoms with Gasteiger partial charge in [-0.25, -0.2) is 0 Å². The van der Waals surface area contributed by atoms with Crippen LogP contribution < -0.4 is 0 Å². The molecule has 0 aliphatic rings. The van der Waals surface area contributed by atoms with Crippen molar-refractivity contribution in [2.24, 2.45) is 0 Å². The van der Waals surface area contributed by atoms with Crippen LogP contribution in [0.3, 0.4) is 0 Å². The fourth-order valence-electron chi connectivity index (χ4n) is 1.12. The van der Waals surface area contributed by atoms with Crippen LogP contribution >= 0.6 is 15.9 Å². The van der Waals surface area contributed by atoms with Gasteiger partial charge in [0.2, 0.25) is 0 Å². The first-order valence-corrected chi connectivity index (χ1v) is 5.24. The molecular formula is C11H13Br. The molecule has 0 aromatic heterocycles. The van der Waals surface area contributed by atoms with E-state index in [-0.39, 0.29) is 0 Å². The quantitative estimate of drug-likeness (QED) is 0.543. The smallest absolute Gasteiger partial charge is 0.0212 e. The van der Waals surface area contributed by atoms with Gasteiger partial charge in [-0.15, -0.1) is 0 Å². The molecule has 1 heteroatoms. The van der Waals surface area contributed by atoms with E-state index < -0.39 is 0 Å². The maximum absolute atomic E-state index is 3.36. The van der Waals surface area contributed by atoms with Gasteiger partial charge in [0.15, 0.2) is 0 Å². The van der Waals surface area contributed by atoms with Gasteiger partial charge in [0.1, 0.15) is 0 Å². The first-order valence-electron chi connectivity index (χ1n) is 4.12. The maximum Gasteiger partial charge on any atom is 0.0212 e. The van der Waals surface area contributed by atoms with Crippen molar-refractivity contribution in [3.05, 3.63) is 48.0 Å². The lowest BCUT2D eigenvalue weighted by Gasteiger charge is -2.04. The Morgan fingerprint density at radius 3 is 2.58 bits per heavy atom. The van der Waals surface area contributed by atoms with Crippen LogP contribution in [0.15, 0.2) is 42.5 Å².